The highest BCUT2D eigenvalue weighted by Gasteiger charge is 2.33. The molecule has 2 rings (SSSR count). The molecule has 1 unspecified atom stereocenters. The lowest BCUT2D eigenvalue weighted by Crippen LogP contribution is -2.43. The fourth-order valence-corrected chi connectivity index (χ4v) is 2.07. The number of hydrogen-bond acceptors (Lipinski definition) is 3. The largest absolute Gasteiger partial charge is 0.396 e. The van der Waals surface area contributed by atoms with Gasteiger partial charge in [0.2, 0.25) is 0 Å². The molecule has 1 aliphatic carbocycles. The second kappa shape index (κ2) is 6.62. The number of nitrogens with one attached hydrogen (secondary N) is 2. The van der Waals surface area contributed by atoms with Crippen molar-refractivity contribution in [1.29, 1.82) is 0 Å². The van der Waals surface area contributed by atoms with Crippen LogP contribution >= 0.6 is 0 Å². The lowest BCUT2D eigenvalue weighted by Gasteiger charge is -2.16. The molecule has 0 heterocycles. The number of hydrogen-bond donors (Lipinski definition) is 3. The molecule has 1 fully saturated rings. The van der Waals surface area contributed by atoms with Crippen LogP contribution in [-0.2, 0) is 9.59 Å². The van der Waals surface area contributed by atoms with Crippen molar-refractivity contribution in [2.24, 2.45) is 5.92 Å². The summed E-state index contributed by atoms with van der Waals surface area (Å²) in [5.74, 6) is -3.28. The molecule has 0 spiro atoms. The Hall–Kier alpha value is -2.02. The zero-order chi connectivity index (χ0) is 15.4. The smallest absolute Gasteiger partial charge is 0.313 e. The first kappa shape index (κ1) is 15.4. The van der Waals surface area contributed by atoms with Gasteiger partial charge < -0.3 is 15.7 Å². The maximum Gasteiger partial charge on any atom is 0.313 e. The van der Waals surface area contributed by atoms with Crippen molar-refractivity contribution in [3.8, 4) is 0 Å². The summed E-state index contributed by atoms with van der Waals surface area (Å²) in [5.41, 5.74) is -0.389. The van der Waals surface area contributed by atoms with Gasteiger partial charge in [0.25, 0.3) is 0 Å². The molecule has 5 nitrogen and oxygen atoms in total. The minimum absolute atomic E-state index is 0.0956. The summed E-state index contributed by atoms with van der Waals surface area (Å²) in [7, 11) is 0. The van der Waals surface area contributed by atoms with Crippen LogP contribution in [0.1, 0.15) is 19.3 Å². The summed E-state index contributed by atoms with van der Waals surface area (Å²) in [6.45, 7) is -0.0956. The van der Waals surface area contributed by atoms with Crippen LogP contribution in [0.15, 0.2) is 18.2 Å². The Bertz CT molecular complexity index is 547. The third-order valence-electron chi connectivity index (χ3n) is 3.33. The Labute approximate surface area is 120 Å². The quantitative estimate of drug-likeness (QED) is 0.714. The number of aliphatic hydroxyl groups is 1. The molecule has 7 heteroatoms. The number of amides is 2. The van der Waals surface area contributed by atoms with Crippen molar-refractivity contribution in [1.82, 2.24) is 5.32 Å². The predicted molar refractivity (Wildman–Crippen MR) is 71.3 cm³/mol. The number of aliphatic hydroxyl groups excluding tert-OH is 1. The monoisotopic (exact) mass is 298 g/mol. The van der Waals surface area contributed by atoms with Crippen LogP contribution in [0.3, 0.4) is 0 Å². The Morgan fingerprint density at radius 2 is 2.00 bits per heavy atom. The minimum Gasteiger partial charge on any atom is -0.396 e. The van der Waals surface area contributed by atoms with Crippen molar-refractivity contribution in [3.05, 3.63) is 29.8 Å². The molecule has 1 atom stereocenters. The maximum atomic E-state index is 13.4. The van der Waals surface area contributed by atoms with E-state index in [9.17, 15) is 18.4 Å². The van der Waals surface area contributed by atoms with Crippen LogP contribution in [-0.4, -0.2) is 29.6 Å². The van der Waals surface area contributed by atoms with Crippen LogP contribution < -0.4 is 10.6 Å². The number of rotatable bonds is 5. The van der Waals surface area contributed by atoms with Crippen LogP contribution in [0.4, 0.5) is 14.5 Å². The van der Waals surface area contributed by atoms with Crippen LogP contribution in [0.25, 0.3) is 0 Å². The van der Waals surface area contributed by atoms with Crippen molar-refractivity contribution < 1.29 is 23.5 Å². The van der Waals surface area contributed by atoms with Crippen molar-refractivity contribution >= 4 is 17.5 Å². The van der Waals surface area contributed by atoms with Gasteiger partial charge in [-0.25, -0.2) is 8.78 Å². The lowest BCUT2D eigenvalue weighted by atomic mass is 10.1. The molecule has 1 aromatic rings. The molecule has 1 aromatic carbocycles. The van der Waals surface area contributed by atoms with Crippen LogP contribution in [0.5, 0.6) is 0 Å². The van der Waals surface area contributed by atoms with Crippen molar-refractivity contribution in [2.75, 3.05) is 11.9 Å². The third-order valence-corrected chi connectivity index (χ3v) is 3.33. The Kier molecular flexibility index (Phi) is 4.85. The Balaban J connectivity index is 1.95. The van der Waals surface area contributed by atoms with Gasteiger partial charge in [0.15, 0.2) is 0 Å². The number of anilines is 1. The van der Waals surface area contributed by atoms with E-state index >= 15 is 0 Å². The molecule has 0 aromatic heterocycles. The van der Waals surface area contributed by atoms with Gasteiger partial charge in [-0.15, -0.1) is 0 Å². The molecule has 1 aliphatic rings. The highest BCUT2D eigenvalue weighted by Crippen LogP contribution is 2.33. The summed E-state index contributed by atoms with van der Waals surface area (Å²) in [6, 6.07) is 2.30. The maximum absolute atomic E-state index is 13.4. The normalized spacial score (nSPS) is 15.4. The van der Waals surface area contributed by atoms with Gasteiger partial charge in [0.05, 0.1) is 5.69 Å². The number of carbonyl (C=O) groups is 2. The van der Waals surface area contributed by atoms with Crippen LogP contribution in [0, 0.1) is 17.6 Å². The molecule has 0 aliphatic heterocycles. The second-order valence-electron chi connectivity index (χ2n) is 5.01. The number of carbonyl (C=O) groups excluding carboxylic acids is 2. The van der Waals surface area contributed by atoms with Crippen molar-refractivity contribution in [2.45, 2.75) is 25.3 Å². The van der Waals surface area contributed by atoms with E-state index in [2.05, 4.69) is 5.32 Å². The summed E-state index contributed by atoms with van der Waals surface area (Å²) in [4.78, 5) is 23.4. The van der Waals surface area contributed by atoms with Gasteiger partial charge in [-0.2, -0.15) is 0 Å². The average Bonchev–Trinajstić information content (AvgIpc) is 3.26. The Morgan fingerprint density at radius 3 is 2.62 bits per heavy atom. The Morgan fingerprint density at radius 1 is 1.29 bits per heavy atom. The second-order valence-corrected chi connectivity index (χ2v) is 5.01. The first-order valence-electron chi connectivity index (χ1n) is 6.69. The SMILES string of the molecule is O=C(Nc1cc(F)ccc1F)C(=O)NC(CCO)C1CC1. The number of halogens is 2. The van der Waals surface area contributed by atoms with Gasteiger partial charge in [-0.1, -0.05) is 0 Å². The fraction of sp³-hybridized carbons (Fsp3) is 0.429. The summed E-state index contributed by atoms with van der Waals surface area (Å²) in [6.07, 6.45) is 2.23. The fourth-order valence-electron chi connectivity index (χ4n) is 2.07. The van der Waals surface area contributed by atoms with Gasteiger partial charge in [-0.3, -0.25) is 9.59 Å². The molecule has 0 bridgehead atoms. The molecule has 0 radical (unpaired) electrons. The predicted octanol–water partition coefficient (Wildman–Crippen LogP) is 1.18. The van der Waals surface area contributed by atoms with E-state index < -0.39 is 23.4 Å². The van der Waals surface area contributed by atoms with E-state index in [0.29, 0.717) is 6.42 Å². The van der Waals surface area contributed by atoms with Gasteiger partial charge >= 0.3 is 11.8 Å². The molecular formula is C14H16F2N2O3. The highest BCUT2D eigenvalue weighted by atomic mass is 19.1. The molecule has 114 valence electrons. The van der Waals surface area contributed by atoms with Gasteiger partial charge in [-0.05, 0) is 37.3 Å². The third kappa shape index (κ3) is 4.22. The summed E-state index contributed by atoms with van der Waals surface area (Å²) in [5, 5.41) is 13.5. The topological polar surface area (TPSA) is 78.4 Å². The summed E-state index contributed by atoms with van der Waals surface area (Å²) < 4.78 is 26.3. The molecule has 1 saturated carbocycles. The van der Waals surface area contributed by atoms with E-state index in [-0.39, 0.29) is 24.3 Å². The van der Waals surface area contributed by atoms with Gasteiger partial charge in [0, 0.05) is 18.7 Å². The first-order valence-corrected chi connectivity index (χ1v) is 6.69. The molecular weight excluding hydrogens is 282 g/mol. The number of benzene rings is 1. The first-order chi connectivity index (χ1) is 10.0. The van der Waals surface area contributed by atoms with Crippen LogP contribution in [0.2, 0.25) is 0 Å². The molecule has 3 N–H and O–H groups in total. The minimum atomic E-state index is -1.07. The average molecular weight is 298 g/mol. The lowest BCUT2D eigenvalue weighted by molar-refractivity contribution is -0.136. The van der Waals surface area contributed by atoms with E-state index in [1.807, 2.05) is 5.32 Å². The molecule has 2 amide bonds. The standard InChI is InChI=1S/C14H16F2N2O3/c15-9-3-4-10(16)12(7-9)18-14(21)13(20)17-11(5-6-19)8-1-2-8/h3-4,7-8,11,19H,1-2,5-6H2,(H,17,20)(H,18,21). The van der Waals surface area contributed by atoms with E-state index in [1.54, 1.807) is 0 Å². The zero-order valence-corrected chi connectivity index (χ0v) is 11.2. The highest BCUT2D eigenvalue weighted by molar-refractivity contribution is 6.39. The van der Waals surface area contributed by atoms with E-state index in [0.717, 1.165) is 31.0 Å². The molecule has 21 heavy (non-hydrogen) atoms. The zero-order valence-electron chi connectivity index (χ0n) is 11.2. The van der Waals surface area contributed by atoms with Gasteiger partial charge in [0.1, 0.15) is 11.6 Å². The van der Waals surface area contributed by atoms with E-state index in [4.69, 9.17) is 5.11 Å². The summed E-state index contributed by atoms with van der Waals surface area (Å²) >= 11 is 0. The van der Waals surface area contributed by atoms with E-state index in [1.165, 1.54) is 0 Å². The molecule has 0 saturated heterocycles. The van der Waals surface area contributed by atoms with Crippen molar-refractivity contribution in [3.63, 3.8) is 0 Å².